The number of rotatable bonds is 7. The fourth-order valence-corrected chi connectivity index (χ4v) is 2.07. The minimum absolute atomic E-state index is 0.497. The first-order chi connectivity index (χ1) is 9.72. The third kappa shape index (κ3) is 3.70. The zero-order chi connectivity index (χ0) is 14.4. The Kier molecular flexibility index (Phi) is 4.93. The molecule has 0 aliphatic rings. The van der Waals surface area contributed by atoms with Crippen LogP contribution in [0.5, 0.6) is 0 Å². The summed E-state index contributed by atoms with van der Waals surface area (Å²) in [5.74, 6) is 0.875. The van der Waals surface area contributed by atoms with E-state index in [4.69, 9.17) is 15.7 Å². The molecule has 0 bridgehead atoms. The summed E-state index contributed by atoms with van der Waals surface area (Å²) < 4.78 is 5.09. The first kappa shape index (κ1) is 14.3. The van der Waals surface area contributed by atoms with E-state index in [1.807, 2.05) is 18.2 Å². The molecule has 0 aliphatic heterocycles. The minimum Gasteiger partial charge on any atom is -0.399 e. The fraction of sp³-hybridized carbons (Fsp3) is 0.429. The number of nitrogens with two attached hydrogens (primary N) is 1. The molecule has 0 aliphatic carbocycles. The molecule has 2 rings (SSSR count). The van der Waals surface area contributed by atoms with Crippen LogP contribution in [0.15, 0.2) is 18.2 Å². The number of fused-ring (bicyclic) bond motifs is 1. The number of methoxy groups -OCH3 is 1. The standard InChI is InChI=1S/C14H19N5O/c1-20-8-7-19(6-2-5-15)10-14-17-12-4-3-11(16)9-13(12)18-14/h3-4,9H,2,6-8,10,16H2,1H3,(H,17,18). The van der Waals surface area contributed by atoms with E-state index in [0.29, 0.717) is 31.8 Å². The number of nitrogens with one attached hydrogen (secondary N) is 1. The summed E-state index contributed by atoms with van der Waals surface area (Å²) in [6, 6.07) is 7.78. The van der Waals surface area contributed by atoms with E-state index in [0.717, 1.165) is 23.4 Å². The van der Waals surface area contributed by atoms with Crippen LogP contribution >= 0.6 is 0 Å². The second-order valence-corrected chi connectivity index (χ2v) is 4.64. The maximum absolute atomic E-state index is 8.71. The maximum Gasteiger partial charge on any atom is 0.121 e. The summed E-state index contributed by atoms with van der Waals surface area (Å²) in [7, 11) is 1.67. The van der Waals surface area contributed by atoms with Gasteiger partial charge in [0, 0.05) is 32.3 Å². The third-order valence-corrected chi connectivity index (χ3v) is 3.08. The van der Waals surface area contributed by atoms with E-state index in [1.54, 1.807) is 7.11 Å². The van der Waals surface area contributed by atoms with E-state index in [2.05, 4.69) is 20.9 Å². The van der Waals surface area contributed by atoms with Crippen molar-refractivity contribution >= 4 is 16.7 Å². The number of ether oxygens (including phenoxy) is 1. The lowest BCUT2D eigenvalue weighted by Gasteiger charge is -2.19. The summed E-state index contributed by atoms with van der Waals surface area (Å²) >= 11 is 0. The van der Waals surface area contributed by atoms with Crippen molar-refractivity contribution in [2.75, 3.05) is 32.5 Å². The summed E-state index contributed by atoms with van der Waals surface area (Å²) in [6.07, 6.45) is 0.497. The highest BCUT2D eigenvalue weighted by molar-refractivity contribution is 5.78. The zero-order valence-corrected chi connectivity index (χ0v) is 11.6. The lowest BCUT2D eigenvalue weighted by molar-refractivity contribution is 0.144. The highest BCUT2D eigenvalue weighted by Crippen LogP contribution is 2.15. The molecule has 2 aromatic rings. The van der Waals surface area contributed by atoms with Crippen molar-refractivity contribution in [3.63, 3.8) is 0 Å². The highest BCUT2D eigenvalue weighted by atomic mass is 16.5. The average molecular weight is 273 g/mol. The number of H-pyrrole nitrogens is 1. The molecule has 3 N–H and O–H groups in total. The fourth-order valence-electron chi connectivity index (χ4n) is 2.07. The number of nitriles is 1. The van der Waals surface area contributed by atoms with Gasteiger partial charge in [0.1, 0.15) is 5.82 Å². The predicted octanol–water partition coefficient (Wildman–Crippen LogP) is 1.51. The van der Waals surface area contributed by atoms with Crippen LogP contribution in [0.1, 0.15) is 12.2 Å². The predicted molar refractivity (Wildman–Crippen MR) is 77.9 cm³/mol. The summed E-state index contributed by atoms with van der Waals surface area (Å²) in [5.41, 5.74) is 8.31. The number of benzene rings is 1. The highest BCUT2D eigenvalue weighted by Gasteiger charge is 2.09. The van der Waals surface area contributed by atoms with Crippen molar-refractivity contribution in [1.29, 1.82) is 5.26 Å². The molecular weight excluding hydrogens is 254 g/mol. The Balaban J connectivity index is 2.08. The van der Waals surface area contributed by atoms with Crippen molar-refractivity contribution < 1.29 is 4.74 Å². The second-order valence-electron chi connectivity index (χ2n) is 4.64. The van der Waals surface area contributed by atoms with Gasteiger partial charge < -0.3 is 15.5 Å². The Hall–Kier alpha value is -2.10. The smallest absolute Gasteiger partial charge is 0.121 e. The number of anilines is 1. The molecule has 0 unspecified atom stereocenters. The summed E-state index contributed by atoms with van der Waals surface area (Å²) in [5, 5.41) is 8.71. The van der Waals surface area contributed by atoms with Gasteiger partial charge in [-0.2, -0.15) is 5.26 Å². The lowest BCUT2D eigenvalue weighted by Crippen LogP contribution is -2.28. The molecule has 1 aromatic carbocycles. The van der Waals surface area contributed by atoms with Crippen molar-refractivity contribution in [1.82, 2.24) is 14.9 Å². The van der Waals surface area contributed by atoms with Gasteiger partial charge in [-0.3, -0.25) is 4.90 Å². The lowest BCUT2D eigenvalue weighted by atomic mass is 10.3. The Labute approximate surface area is 118 Å². The monoisotopic (exact) mass is 273 g/mol. The molecule has 0 radical (unpaired) electrons. The molecule has 6 nitrogen and oxygen atoms in total. The van der Waals surface area contributed by atoms with Crippen LogP contribution in [-0.4, -0.2) is 41.7 Å². The van der Waals surface area contributed by atoms with Crippen LogP contribution in [0.2, 0.25) is 0 Å². The van der Waals surface area contributed by atoms with Crippen molar-refractivity contribution in [3.05, 3.63) is 24.0 Å². The maximum atomic E-state index is 8.71. The van der Waals surface area contributed by atoms with E-state index in [1.165, 1.54) is 0 Å². The Morgan fingerprint density at radius 1 is 1.45 bits per heavy atom. The largest absolute Gasteiger partial charge is 0.399 e. The molecule has 0 saturated carbocycles. The first-order valence-electron chi connectivity index (χ1n) is 6.55. The molecule has 0 spiro atoms. The first-order valence-corrected chi connectivity index (χ1v) is 6.55. The van der Waals surface area contributed by atoms with Gasteiger partial charge in [0.2, 0.25) is 0 Å². The van der Waals surface area contributed by atoms with Gasteiger partial charge in [0.15, 0.2) is 0 Å². The topological polar surface area (TPSA) is 91.0 Å². The molecule has 0 saturated heterocycles. The Bertz CT molecular complexity index is 601. The normalized spacial score (nSPS) is 11.1. The van der Waals surface area contributed by atoms with E-state index >= 15 is 0 Å². The molecule has 0 fully saturated rings. The molecule has 1 aromatic heterocycles. The van der Waals surface area contributed by atoms with Crippen LogP contribution in [-0.2, 0) is 11.3 Å². The number of aromatic amines is 1. The average Bonchev–Trinajstić information content (AvgIpc) is 2.83. The number of aromatic nitrogens is 2. The third-order valence-electron chi connectivity index (χ3n) is 3.08. The van der Waals surface area contributed by atoms with Gasteiger partial charge in [-0.1, -0.05) is 0 Å². The molecular formula is C14H19N5O. The molecule has 106 valence electrons. The number of nitrogen functional groups attached to an aromatic ring is 1. The zero-order valence-electron chi connectivity index (χ0n) is 11.6. The van der Waals surface area contributed by atoms with Crippen LogP contribution in [0.4, 0.5) is 5.69 Å². The van der Waals surface area contributed by atoms with Gasteiger partial charge in [0.05, 0.1) is 30.3 Å². The van der Waals surface area contributed by atoms with Crippen molar-refractivity contribution in [2.45, 2.75) is 13.0 Å². The molecule has 0 amide bonds. The van der Waals surface area contributed by atoms with Gasteiger partial charge in [-0.05, 0) is 18.2 Å². The number of imidazole rings is 1. The molecule has 6 heteroatoms. The molecule has 20 heavy (non-hydrogen) atoms. The number of hydrogen-bond donors (Lipinski definition) is 2. The Morgan fingerprint density at radius 3 is 3.05 bits per heavy atom. The van der Waals surface area contributed by atoms with Gasteiger partial charge in [0.25, 0.3) is 0 Å². The van der Waals surface area contributed by atoms with E-state index in [9.17, 15) is 0 Å². The van der Waals surface area contributed by atoms with Crippen LogP contribution in [0, 0.1) is 11.3 Å². The van der Waals surface area contributed by atoms with Crippen LogP contribution < -0.4 is 5.73 Å². The number of nitrogens with zero attached hydrogens (tertiary/aromatic N) is 3. The summed E-state index contributed by atoms with van der Waals surface area (Å²) in [6.45, 7) is 2.79. The van der Waals surface area contributed by atoms with E-state index < -0.39 is 0 Å². The van der Waals surface area contributed by atoms with Crippen LogP contribution in [0.25, 0.3) is 11.0 Å². The van der Waals surface area contributed by atoms with Gasteiger partial charge in [-0.25, -0.2) is 4.98 Å². The van der Waals surface area contributed by atoms with Crippen molar-refractivity contribution in [3.8, 4) is 6.07 Å². The summed E-state index contributed by atoms with van der Waals surface area (Å²) in [4.78, 5) is 9.94. The number of hydrogen-bond acceptors (Lipinski definition) is 5. The van der Waals surface area contributed by atoms with Crippen molar-refractivity contribution in [2.24, 2.45) is 0 Å². The Morgan fingerprint density at radius 2 is 2.30 bits per heavy atom. The van der Waals surface area contributed by atoms with E-state index in [-0.39, 0.29) is 0 Å². The SMILES string of the molecule is COCCN(CCC#N)Cc1nc2ccc(N)cc2[nH]1. The molecule has 1 heterocycles. The second kappa shape index (κ2) is 6.89. The van der Waals surface area contributed by atoms with Gasteiger partial charge >= 0.3 is 0 Å². The molecule has 0 atom stereocenters. The quantitative estimate of drug-likeness (QED) is 0.746. The minimum atomic E-state index is 0.497. The van der Waals surface area contributed by atoms with Crippen LogP contribution in [0.3, 0.4) is 0 Å². The van der Waals surface area contributed by atoms with Gasteiger partial charge in [-0.15, -0.1) is 0 Å².